The molecule has 1 heterocycles. The summed E-state index contributed by atoms with van der Waals surface area (Å²) in [5.74, 6) is -0.406. The van der Waals surface area contributed by atoms with Crippen LogP contribution in [-0.2, 0) is 37.7 Å². The Balaban J connectivity index is 1.36. The van der Waals surface area contributed by atoms with Gasteiger partial charge in [0.15, 0.2) is 0 Å². The highest BCUT2D eigenvalue weighted by atomic mass is 79.9. The average Bonchev–Trinajstić information content (AvgIpc) is 3.48. The Morgan fingerprint density at radius 2 is 1.38 bits per heavy atom. The molecule has 1 fully saturated rings. The molecule has 8 nitrogen and oxygen atoms in total. The first-order valence-electron chi connectivity index (χ1n) is 12.8. The van der Waals surface area contributed by atoms with Crippen molar-refractivity contribution < 1.29 is 21.6 Å². The average molecular weight is 635 g/mol. The molecule has 0 saturated carbocycles. The summed E-state index contributed by atoms with van der Waals surface area (Å²) in [5.41, 5.74) is 1.85. The zero-order valence-corrected chi connectivity index (χ0v) is 24.7. The van der Waals surface area contributed by atoms with E-state index in [1.165, 1.54) is 20.7 Å². The number of sulfonamides is 2. The van der Waals surface area contributed by atoms with Crippen molar-refractivity contribution >= 4 is 41.9 Å². The van der Waals surface area contributed by atoms with Crippen LogP contribution in [0.15, 0.2) is 93.1 Å². The SMILES string of the molecule is O=C(CN(CCc1ccccc1)S(=O)(=O)c1ccc(Br)cc1)NCCc1ccc(S(=O)(=O)N2CCCC2)cc1. The number of nitrogens with one attached hydrogen (secondary N) is 1. The number of hydrogen-bond donors (Lipinski definition) is 1. The third kappa shape index (κ3) is 7.76. The molecule has 0 aliphatic carbocycles. The second kappa shape index (κ2) is 13.2. The number of halogens is 1. The molecule has 11 heteroatoms. The van der Waals surface area contributed by atoms with Crippen LogP contribution < -0.4 is 5.32 Å². The summed E-state index contributed by atoms with van der Waals surface area (Å²) in [6.07, 6.45) is 2.71. The zero-order valence-electron chi connectivity index (χ0n) is 21.5. The Hall–Kier alpha value is -2.57. The minimum Gasteiger partial charge on any atom is -0.355 e. The fraction of sp³-hybridized carbons (Fsp3) is 0.321. The summed E-state index contributed by atoms with van der Waals surface area (Å²) in [7, 11) is -7.36. The van der Waals surface area contributed by atoms with Gasteiger partial charge >= 0.3 is 0 Å². The standard InChI is InChI=1S/C28H32BrN3O5S2/c29-25-10-14-27(15-11-25)39(36,37)32(21-17-23-6-2-1-3-7-23)22-28(33)30-18-16-24-8-12-26(13-9-24)38(34,35)31-19-4-5-20-31/h1-3,6-15H,4-5,16-22H2,(H,30,33). The van der Waals surface area contributed by atoms with Gasteiger partial charge in [-0.25, -0.2) is 16.8 Å². The van der Waals surface area contributed by atoms with Crippen LogP contribution >= 0.6 is 15.9 Å². The fourth-order valence-corrected chi connectivity index (χ4v) is 7.58. The number of amides is 1. The lowest BCUT2D eigenvalue weighted by atomic mass is 10.1. The Morgan fingerprint density at radius 3 is 2.03 bits per heavy atom. The van der Waals surface area contributed by atoms with Gasteiger partial charge in [-0.3, -0.25) is 4.79 Å². The van der Waals surface area contributed by atoms with E-state index in [4.69, 9.17) is 0 Å². The van der Waals surface area contributed by atoms with Crippen molar-refractivity contribution in [2.24, 2.45) is 0 Å². The quantitative estimate of drug-likeness (QED) is 0.327. The minimum absolute atomic E-state index is 0.121. The predicted molar refractivity (Wildman–Crippen MR) is 154 cm³/mol. The number of carbonyl (C=O) groups is 1. The summed E-state index contributed by atoms with van der Waals surface area (Å²) >= 11 is 3.32. The first kappa shape index (κ1) is 29.4. The molecule has 0 unspecified atom stereocenters. The molecule has 1 saturated heterocycles. The maximum atomic E-state index is 13.4. The lowest BCUT2D eigenvalue weighted by Crippen LogP contribution is -2.42. The van der Waals surface area contributed by atoms with Gasteiger partial charge in [0.05, 0.1) is 16.3 Å². The fourth-order valence-electron chi connectivity index (χ4n) is 4.41. The first-order valence-corrected chi connectivity index (χ1v) is 16.5. The molecule has 39 heavy (non-hydrogen) atoms. The molecule has 3 aromatic carbocycles. The van der Waals surface area contributed by atoms with E-state index in [-0.39, 0.29) is 22.9 Å². The summed E-state index contributed by atoms with van der Waals surface area (Å²) in [6.45, 7) is 1.25. The number of rotatable bonds is 12. The predicted octanol–water partition coefficient (Wildman–Crippen LogP) is 3.83. The van der Waals surface area contributed by atoms with Gasteiger partial charge < -0.3 is 5.32 Å². The summed E-state index contributed by atoms with van der Waals surface area (Å²) < 4.78 is 55.7. The maximum Gasteiger partial charge on any atom is 0.243 e. The molecule has 208 valence electrons. The Bertz CT molecular complexity index is 1460. The summed E-state index contributed by atoms with van der Waals surface area (Å²) in [5, 5.41) is 2.80. The van der Waals surface area contributed by atoms with E-state index in [1.54, 1.807) is 36.4 Å². The van der Waals surface area contributed by atoms with Crippen molar-refractivity contribution in [1.82, 2.24) is 13.9 Å². The number of carbonyl (C=O) groups excluding carboxylic acids is 1. The smallest absolute Gasteiger partial charge is 0.243 e. The van der Waals surface area contributed by atoms with Crippen molar-refractivity contribution in [1.29, 1.82) is 0 Å². The van der Waals surface area contributed by atoms with E-state index in [0.29, 0.717) is 32.5 Å². The highest BCUT2D eigenvalue weighted by Gasteiger charge is 2.28. The van der Waals surface area contributed by atoms with Gasteiger partial charge in [0.25, 0.3) is 0 Å². The molecule has 1 aliphatic rings. The second-order valence-electron chi connectivity index (χ2n) is 9.38. The van der Waals surface area contributed by atoms with E-state index in [1.807, 2.05) is 30.3 Å². The van der Waals surface area contributed by atoms with Gasteiger partial charge in [0.1, 0.15) is 0 Å². The van der Waals surface area contributed by atoms with Gasteiger partial charge in [-0.2, -0.15) is 8.61 Å². The van der Waals surface area contributed by atoms with Crippen LogP contribution in [-0.4, -0.2) is 64.1 Å². The van der Waals surface area contributed by atoms with Crippen molar-refractivity contribution in [2.75, 3.05) is 32.7 Å². The number of nitrogens with zero attached hydrogens (tertiary/aromatic N) is 2. The molecule has 0 radical (unpaired) electrons. The Kier molecular flexibility index (Phi) is 9.95. The normalized spacial score (nSPS) is 14.5. The van der Waals surface area contributed by atoms with Gasteiger partial charge in [-0.05, 0) is 73.2 Å². The van der Waals surface area contributed by atoms with Crippen molar-refractivity contribution in [2.45, 2.75) is 35.5 Å². The monoisotopic (exact) mass is 633 g/mol. The number of benzene rings is 3. The molecule has 0 spiro atoms. The van der Waals surface area contributed by atoms with Crippen LogP contribution in [0.5, 0.6) is 0 Å². The number of hydrogen-bond acceptors (Lipinski definition) is 5. The van der Waals surface area contributed by atoms with Gasteiger partial charge in [-0.15, -0.1) is 0 Å². The van der Waals surface area contributed by atoms with Crippen LogP contribution in [0, 0.1) is 0 Å². The molecule has 1 amide bonds. The van der Waals surface area contributed by atoms with E-state index < -0.39 is 26.0 Å². The third-order valence-electron chi connectivity index (χ3n) is 6.63. The molecular formula is C28H32BrN3O5S2. The molecule has 0 aromatic heterocycles. The van der Waals surface area contributed by atoms with Crippen molar-refractivity contribution in [3.63, 3.8) is 0 Å². The summed E-state index contributed by atoms with van der Waals surface area (Å²) in [6, 6.07) is 22.6. The molecule has 1 N–H and O–H groups in total. The van der Waals surface area contributed by atoms with Gasteiger partial charge in [-0.1, -0.05) is 58.4 Å². The molecule has 3 aromatic rings. The van der Waals surface area contributed by atoms with E-state index >= 15 is 0 Å². The maximum absolute atomic E-state index is 13.4. The Labute approximate surface area is 239 Å². The van der Waals surface area contributed by atoms with Crippen LogP contribution in [0.25, 0.3) is 0 Å². The van der Waals surface area contributed by atoms with Crippen LogP contribution in [0.2, 0.25) is 0 Å². The summed E-state index contributed by atoms with van der Waals surface area (Å²) in [4.78, 5) is 13.2. The topological polar surface area (TPSA) is 104 Å². The Morgan fingerprint density at radius 1 is 0.795 bits per heavy atom. The van der Waals surface area contributed by atoms with Gasteiger partial charge in [0, 0.05) is 30.7 Å². The second-order valence-corrected chi connectivity index (χ2v) is 14.2. The minimum atomic E-state index is -3.90. The third-order valence-corrected chi connectivity index (χ3v) is 10.9. The van der Waals surface area contributed by atoms with Crippen LogP contribution in [0.3, 0.4) is 0 Å². The van der Waals surface area contributed by atoms with E-state index in [9.17, 15) is 21.6 Å². The highest BCUT2D eigenvalue weighted by molar-refractivity contribution is 9.10. The molecule has 0 bridgehead atoms. The van der Waals surface area contributed by atoms with Crippen LogP contribution in [0.4, 0.5) is 0 Å². The van der Waals surface area contributed by atoms with E-state index in [2.05, 4.69) is 21.2 Å². The highest BCUT2D eigenvalue weighted by Crippen LogP contribution is 2.22. The van der Waals surface area contributed by atoms with E-state index in [0.717, 1.165) is 28.4 Å². The molecule has 4 rings (SSSR count). The zero-order chi connectivity index (χ0) is 27.9. The lowest BCUT2D eigenvalue weighted by molar-refractivity contribution is -0.121. The van der Waals surface area contributed by atoms with Crippen LogP contribution in [0.1, 0.15) is 24.0 Å². The van der Waals surface area contributed by atoms with Crippen molar-refractivity contribution in [3.05, 3.63) is 94.5 Å². The van der Waals surface area contributed by atoms with Gasteiger partial charge in [0.2, 0.25) is 26.0 Å². The largest absolute Gasteiger partial charge is 0.355 e. The van der Waals surface area contributed by atoms with Crippen molar-refractivity contribution in [3.8, 4) is 0 Å². The molecular weight excluding hydrogens is 602 g/mol. The molecule has 1 aliphatic heterocycles. The lowest BCUT2D eigenvalue weighted by Gasteiger charge is -2.22. The molecule has 0 atom stereocenters. The first-order chi connectivity index (χ1) is 18.7.